The number of hydrazine groups is 1. The van der Waals surface area contributed by atoms with E-state index in [2.05, 4.69) is 4.83 Å². The zero-order chi connectivity index (χ0) is 18.9. The second-order valence-electron chi connectivity index (χ2n) is 5.45. The van der Waals surface area contributed by atoms with Crippen LogP contribution in [0.2, 0.25) is 5.02 Å². The predicted molar refractivity (Wildman–Crippen MR) is 108 cm³/mol. The standard InChI is InChI=1S/C17H13ClN2O3S3/c1-11-6-8-13(9-7-11)26(22,23)19-20-16(21)15(25-17(20)24)10-12-4-2-3-5-14(12)18/h2-10,19H,1H3/b15-10-. The fourth-order valence-corrected chi connectivity index (χ4v) is 4.66. The average Bonchev–Trinajstić information content (AvgIpc) is 2.84. The van der Waals surface area contributed by atoms with Gasteiger partial charge in [-0.3, -0.25) is 4.79 Å². The Bertz CT molecular complexity index is 1020. The van der Waals surface area contributed by atoms with Gasteiger partial charge >= 0.3 is 0 Å². The molecule has 9 heteroatoms. The molecule has 1 aliphatic rings. The Morgan fingerprint density at radius 1 is 1.15 bits per heavy atom. The summed E-state index contributed by atoms with van der Waals surface area (Å²) in [5.74, 6) is -0.546. The van der Waals surface area contributed by atoms with Gasteiger partial charge in [-0.1, -0.05) is 71.5 Å². The summed E-state index contributed by atoms with van der Waals surface area (Å²) in [6.45, 7) is 1.85. The first-order chi connectivity index (χ1) is 12.3. The Kier molecular flexibility index (Phi) is 5.50. The molecule has 5 nitrogen and oxygen atoms in total. The first-order valence-electron chi connectivity index (χ1n) is 7.39. The second kappa shape index (κ2) is 7.50. The number of nitrogens with zero attached hydrogens (tertiary/aromatic N) is 1. The fraction of sp³-hybridized carbons (Fsp3) is 0.0588. The molecule has 1 fully saturated rings. The number of nitrogens with one attached hydrogen (secondary N) is 1. The number of rotatable bonds is 4. The summed E-state index contributed by atoms with van der Waals surface area (Å²) >= 11 is 12.3. The Morgan fingerprint density at radius 2 is 1.81 bits per heavy atom. The van der Waals surface area contributed by atoms with Crippen molar-refractivity contribution in [3.8, 4) is 0 Å². The van der Waals surface area contributed by atoms with Gasteiger partial charge in [0.25, 0.3) is 15.9 Å². The van der Waals surface area contributed by atoms with Gasteiger partial charge in [-0.05, 0) is 36.8 Å². The summed E-state index contributed by atoms with van der Waals surface area (Å²) in [6, 6.07) is 13.3. The molecular formula is C17H13ClN2O3S3. The molecule has 0 radical (unpaired) electrons. The van der Waals surface area contributed by atoms with Crippen LogP contribution in [0.25, 0.3) is 6.08 Å². The van der Waals surface area contributed by atoms with E-state index < -0.39 is 15.9 Å². The summed E-state index contributed by atoms with van der Waals surface area (Å²) in [5.41, 5.74) is 1.58. The third kappa shape index (κ3) is 3.99. The number of benzene rings is 2. The van der Waals surface area contributed by atoms with Crippen molar-refractivity contribution in [2.24, 2.45) is 0 Å². The second-order valence-corrected chi connectivity index (χ2v) is 9.19. The van der Waals surface area contributed by atoms with E-state index in [0.717, 1.165) is 22.3 Å². The first kappa shape index (κ1) is 19.1. The van der Waals surface area contributed by atoms with Crippen LogP contribution in [0.5, 0.6) is 0 Å². The molecule has 0 aliphatic carbocycles. The van der Waals surface area contributed by atoms with E-state index in [1.54, 1.807) is 42.5 Å². The zero-order valence-corrected chi connectivity index (χ0v) is 16.7. The third-order valence-corrected chi connectivity index (χ3v) is 6.49. The molecule has 0 atom stereocenters. The summed E-state index contributed by atoms with van der Waals surface area (Å²) < 4.78 is 25.1. The van der Waals surface area contributed by atoms with Crippen LogP contribution in [0.4, 0.5) is 0 Å². The molecule has 134 valence electrons. The van der Waals surface area contributed by atoms with Crippen LogP contribution in [0.1, 0.15) is 11.1 Å². The van der Waals surface area contributed by atoms with Gasteiger partial charge in [-0.15, -0.1) is 4.83 Å². The predicted octanol–water partition coefficient (Wildman–Crippen LogP) is 3.74. The summed E-state index contributed by atoms with van der Waals surface area (Å²) in [4.78, 5) is 15.2. The molecule has 1 saturated heterocycles. The van der Waals surface area contributed by atoms with Crippen LogP contribution in [0.3, 0.4) is 0 Å². The van der Waals surface area contributed by atoms with Crippen molar-refractivity contribution >= 4 is 61.9 Å². The molecule has 2 aromatic carbocycles. The normalized spacial score (nSPS) is 16.5. The Hall–Kier alpha value is -1.71. The maximum atomic E-state index is 12.6. The van der Waals surface area contributed by atoms with E-state index in [1.807, 2.05) is 6.92 Å². The molecule has 1 N–H and O–H groups in total. The van der Waals surface area contributed by atoms with Crippen LogP contribution in [0.15, 0.2) is 58.3 Å². The minimum Gasteiger partial charge on any atom is -0.267 e. The lowest BCUT2D eigenvalue weighted by Crippen LogP contribution is -2.44. The van der Waals surface area contributed by atoms with Crippen LogP contribution in [-0.4, -0.2) is 23.7 Å². The van der Waals surface area contributed by atoms with Gasteiger partial charge < -0.3 is 0 Å². The lowest BCUT2D eigenvalue weighted by Gasteiger charge is -2.16. The van der Waals surface area contributed by atoms with Gasteiger partial charge in [0.05, 0.1) is 9.80 Å². The van der Waals surface area contributed by atoms with Gasteiger partial charge in [0.15, 0.2) is 4.32 Å². The highest BCUT2D eigenvalue weighted by atomic mass is 35.5. The van der Waals surface area contributed by atoms with Crippen molar-refractivity contribution < 1.29 is 13.2 Å². The molecule has 2 aromatic rings. The highest BCUT2D eigenvalue weighted by Crippen LogP contribution is 2.33. The number of amides is 1. The van der Waals surface area contributed by atoms with Gasteiger partial charge in [0, 0.05) is 5.02 Å². The molecule has 0 saturated carbocycles. The molecule has 0 aromatic heterocycles. The summed E-state index contributed by atoms with van der Waals surface area (Å²) in [7, 11) is -3.93. The molecule has 1 amide bonds. The maximum absolute atomic E-state index is 12.6. The van der Waals surface area contributed by atoms with E-state index in [1.165, 1.54) is 12.1 Å². The molecular weight excluding hydrogens is 412 g/mol. The maximum Gasteiger partial charge on any atom is 0.281 e. The highest BCUT2D eigenvalue weighted by Gasteiger charge is 2.35. The number of thiocarbonyl (C=S) groups is 1. The van der Waals surface area contributed by atoms with E-state index in [0.29, 0.717) is 10.6 Å². The van der Waals surface area contributed by atoms with Crippen molar-refractivity contribution in [1.82, 2.24) is 9.84 Å². The molecule has 1 heterocycles. The number of sulfonamides is 1. The highest BCUT2D eigenvalue weighted by molar-refractivity contribution is 8.26. The van der Waals surface area contributed by atoms with Crippen molar-refractivity contribution in [1.29, 1.82) is 0 Å². The summed E-state index contributed by atoms with van der Waals surface area (Å²) in [6.07, 6.45) is 1.59. The molecule has 26 heavy (non-hydrogen) atoms. The minimum atomic E-state index is -3.93. The van der Waals surface area contributed by atoms with E-state index >= 15 is 0 Å². The monoisotopic (exact) mass is 424 g/mol. The minimum absolute atomic E-state index is 0.0484. The zero-order valence-electron chi connectivity index (χ0n) is 13.5. The van der Waals surface area contributed by atoms with Crippen LogP contribution < -0.4 is 4.83 Å². The number of halogens is 1. The summed E-state index contributed by atoms with van der Waals surface area (Å²) in [5, 5.41) is 1.34. The van der Waals surface area contributed by atoms with Gasteiger partial charge in [0.1, 0.15) is 0 Å². The van der Waals surface area contributed by atoms with Crippen LogP contribution >= 0.6 is 35.6 Å². The molecule has 0 unspecified atom stereocenters. The van der Waals surface area contributed by atoms with E-state index in [4.69, 9.17) is 23.8 Å². The largest absolute Gasteiger partial charge is 0.281 e. The number of hydrogen-bond donors (Lipinski definition) is 1. The lowest BCUT2D eigenvalue weighted by molar-refractivity contribution is -0.123. The number of aryl methyl sites for hydroxylation is 1. The number of hydrogen-bond acceptors (Lipinski definition) is 5. The van der Waals surface area contributed by atoms with Gasteiger partial charge in [0.2, 0.25) is 0 Å². The van der Waals surface area contributed by atoms with Crippen LogP contribution in [0, 0.1) is 6.92 Å². The molecule has 1 aliphatic heterocycles. The fourth-order valence-electron chi connectivity index (χ4n) is 2.17. The number of carbonyl (C=O) groups is 1. The lowest BCUT2D eigenvalue weighted by atomic mass is 10.2. The smallest absolute Gasteiger partial charge is 0.267 e. The first-order valence-corrected chi connectivity index (χ1v) is 10.5. The SMILES string of the molecule is Cc1ccc(S(=O)(=O)NN2C(=O)/C(=C/c3ccccc3Cl)SC2=S)cc1. The van der Waals surface area contributed by atoms with Crippen molar-refractivity contribution in [3.63, 3.8) is 0 Å². The van der Waals surface area contributed by atoms with Crippen molar-refractivity contribution in [2.75, 3.05) is 0 Å². The molecule has 0 bridgehead atoms. The number of thioether (sulfide) groups is 1. The average molecular weight is 425 g/mol. The number of carbonyl (C=O) groups excluding carboxylic acids is 1. The third-order valence-electron chi connectivity index (χ3n) is 3.53. The quantitative estimate of drug-likeness (QED) is 0.598. The van der Waals surface area contributed by atoms with Crippen molar-refractivity contribution in [3.05, 3.63) is 69.6 Å². The van der Waals surface area contributed by atoms with E-state index in [-0.39, 0.29) is 14.1 Å². The Morgan fingerprint density at radius 3 is 2.46 bits per heavy atom. The van der Waals surface area contributed by atoms with E-state index in [9.17, 15) is 13.2 Å². The topological polar surface area (TPSA) is 66.5 Å². The Balaban J connectivity index is 1.86. The molecule has 0 spiro atoms. The van der Waals surface area contributed by atoms with Gasteiger partial charge in [-0.25, -0.2) is 13.4 Å². The van der Waals surface area contributed by atoms with Crippen molar-refractivity contribution in [2.45, 2.75) is 11.8 Å². The Labute approximate surface area is 166 Å². The molecule has 3 rings (SSSR count). The van der Waals surface area contributed by atoms with Crippen LogP contribution in [-0.2, 0) is 14.8 Å². The van der Waals surface area contributed by atoms with Gasteiger partial charge in [-0.2, -0.15) is 0 Å².